The molecule has 1 aromatic carbocycles. The molecule has 2 rings (SSSR count). The van der Waals surface area contributed by atoms with Gasteiger partial charge in [0.25, 0.3) is 23.4 Å². The van der Waals surface area contributed by atoms with Gasteiger partial charge in [0.05, 0.1) is 33.1 Å². The Morgan fingerprint density at radius 1 is 1.16 bits per heavy atom. The Morgan fingerprint density at radius 3 is 2.12 bits per heavy atom. The molecule has 2 aromatic rings. The molecule has 1 aromatic heterocycles. The minimum Gasteiger partial charge on any atom is -1.00 e. The van der Waals surface area contributed by atoms with Crippen molar-refractivity contribution >= 4 is 29.2 Å². The number of nitro benzene ring substituents is 3. The first-order valence-electron chi connectivity index (χ1n) is 5.91. The fourth-order valence-corrected chi connectivity index (χ4v) is 1.66. The molecule has 0 aliphatic rings. The van der Waals surface area contributed by atoms with Crippen LogP contribution in [-0.2, 0) is 0 Å². The third-order valence-electron chi connectivity index (χ3n) is 2.70. The molecule has 15 nitrogen and oxygen atoms in total. The third-order valence-corrected chi connectivity index (χ3v) is 2.70. The normalized spacial score (nSPS) is 10.2. The first-order chi connectivity index (χ1) is 11.3. The zero-order chi connectivity index (χ0) is 17.9. The summed E-state index contributed by atoms with van der Waals surface area (Å²) in [6.07, 6.45) is 1.97. The molecule has 4 N–H and O–H groups in total. The van der Waals surface area contributed by atoms with Crippen LogP contribution in [0, 0.1) is 30.3 Å². The van der Waals surface area contributed by atoms with Crippen LogP contribution in [0.5, 0.6) is 0 Å². The maximum absolute atomic E-state index is 11.1. The predicted molar refractivity (Wildman–Crippen MR) is 76.6 cm³/mol. The Labute approximate surface area is 143 Å². The van der Waals surface area contributed by atoms with Crippen LogP contribution in [0.3, 0.4) is 0 Å². The van der Waals surface area contributed by atoms with E-state index in [0.717, 1.165) is 10.9 Å². The molecule has 0 unspecified atom stereocenters. The third kappa shape index (κ3) is 4.10. The summed E-state index contributed by atoms with van der Waals surface area (Å²) in [6, 6.07) is 1.21. The molecule has 0 bridgehead atoms. The lowest BCUT2D eigenvalue weighted by Crippen LogP contribution is -3.00. The summed E-state index contributed by atoms with van der Waals surface area (Å²) in [7, 11) is 0. The van der Waals surface area contributed by atoms with Gasteiger partial charge in [0.1, 0.15) is 0 Å². The summed E-state index contributed by atoms with van der Waals surface area (Å²) >= 11 is 0. The van der Waals surface area contributed by atoms with Crippen molar-refractivity contribution in [2.24, 2.45) is 5.10 Å². The van der Waals surface area contributed by atoms with Crippen LogP contribution >= 0.6 is 0 Å². The number of aromatic nitrogens is 3. The van der Waals surface area contributed by atoms with E-state index in [9.17, 15) is 30.3 Å². The van der Waals surface area contributed by atoms with Crippen molar-refractivity contribution in [2.45, 2.75) is 0 Å². The molecule has 132 valence electrons. The Balaban J connectivity index is 0.00000312. The molecule has 25 heavy (non-hydrogen) atoms. The van der Waals surface area contributed by atoms with Crippen molar-refractivity contribution in [1.29, 1.82) is 0 Å². The number of nitrogens with two attached hydrogens (primary N) is 1. The van der Waals surface area contributed by atoms with E-state index in [1.165, 1.54) is 6.33 Å². The lowest BCUT2D eigenvalue weighted by molar-refractivity contribution is -0.624. The van der Waals surface area contributed by atoms with Crippen LogP contribution in [0.4, 0.5) is 23.0 Å². The number of aromatic amines is 1. The van der Waals surface area contributed by atoms with Gasteiger partial charge in [-0.05, 0) is 5.10 Å². The SMILES string of the molecule is N[n+]1cn[nH]c1N/N=C/c1c([N+](=O)[O-])cc([N+](=O)[O-])cc1[N+](=O)[O-].[Cl-]. The van der Waals surface area contributed by atoms with Crippen LogP contribution in [0.25, 0.3) is 0 Å². The average molecular weight is 374 g/mol. The molecule has 0 radical (unpaired) electrons. The predicted octanol–water partition coefficient (Wildman–Crippen LogP) is -3.41. The smallest absolute Gasteiger partial charge is 0.386 e. The van der Waals surface area contributed by atoms with E-state index >= 15 is 0 Å². The highest BCUT2D eigenvalue weighted by molar-refractivity contribution is 5.92. The Hall–Kier alpha value is -3.88. The van der Waals surface area contributed by atoms with Gasteiger partial charge in [-0.15, -0.1) is 14.9 Å². The topological polar surface area (TPSA) is 212 Å². The summed E-state index contributed by atoms with van der Waals surface area (Å²) in [5.74, 6) is 5.51. The lowest BCUT2D eigenvalue weighted by atomic mass is 10.1. The largest absolute Gasteiger partial charge is 1.00 e. The van der Waals surface area contributed by atoms with Crippen molar-refractivity contribution in [3.63, 3.8) is 0 Å². The van der Waals surface area contributed by atoms with Gasteiger partial charge < -0.3 is 12.4 Å². The Kier molecular flexibility index (Phi) is 5.82. The second-order valence-corrected chi connectivity index (χ2v) is 4.15. The van der Waals surface area contributed by atoms with Gasteiger partial charge in [-0.3, -0.25) is 36.2 Å². The van der Waals surface area contributed by atoms with Crippen molar-refractivity contribution in [1.82, 2.24) is 10.2 Å². The van der Waals surface area contributed by atoms with Gasteiger partial charge in [0.2, 0.25) is 0 Å². The minimum absolute atomic E-state index is 0. The average Bonchev–Trinajstić information content (AvgIpc) is 2.91. The molecule has 1 heterocycles. The number of H-pyrrole nitrogens is 1. The fraction of sp³-hybridized carbons (Fsp3) is 0. The molecule has 0 amide bonds. The molecular formula is C9H8ClN9O6. The highest BCUT2D eigenvalue weighted by Crippen LogP contribution is 2.32. The minimum atomic E-state index is -0.985. The lowest BCUT2D eigenvalue weighted by Gasteiger charge is -2.00. The summed E-state index contributed by atoms with van der Waals surface area (Å²) in [4.78, 5) is 29.9. The quantitative estimate of drug-likeness (QED) is 0.151. The van der Waals surface area contributed by atoms with Crippen molar-refractivity contribution in [2.75, 3.05) is 11.3 Å². The Morgan fingerprint density at radius 2 is 1.72 bits per heavy atom. The number of halogens is 1. The molecule has 0 aliphatic carbocycles. The van der Waals surface area contributed by atoms with Gasteiger partial charge in [0.15, 0.2) is 5.56 Å². The monoisotopic (exact) mass is 373 g/mol. The van der Waals surface area contributed by atoms with Crippen LogP contribution in [-0.4, -0.2) is 31.2 Å². The summed E-state index contributed by atoms with van der Waals surface area (Å²) in [6.45, 7) is 0. The number of hydrogen-bond donors (Lipinski definition) is 3. The summed E-state index contributed by atoms with van der Waals surface area (Å²) in [5.41, 5.74) is -0.668. The number of nitro groups is 3. The first-order valence-corrected chi connectivity index (χ1v) is 5.91. The second-order valence-electron chi connectivity index (χ2n) is 4.15. The molecule has 0 spiro atoms. The highest BCUT2D eigenvalue weighted by atomic mass is 35.5. The molecule has 0 saturated carbocycles. The summed E-state index contributed by atoms with van der Waals surface area (Å²) < 4.78 is 0.996. The standard InChI is InChI=1S/C9H7N9O6.ClH/c10-15-4-12-14-9(15)13-11-3-6-7(17(21)22)1-5(16(19)20)2-8(6)18(23)24;/h1-4H,10H2,(H,13,14);1H/b11-3+;. The van der Waals surface area contributed by atoms with Crippen molar-refractivity contribution < 1.29 is 31.9 Å². The van der Waals surface area contributed by atoms with E-state index in [1.54, 1.807) is 0 Å². The molecule has 0 fully saturated rings. The zero-order valence-corrected chi connectivity index (χ0v) is 12.7. The maximum atomic E-state index is 11.1. The number of nitrogens with zero attached hydrogens (tertiary/aromatic N) is 6. The van der Waals surface area contributed by atoms with Crippen LogP contribution in [0.2, 0.25) is 0 Å². The number of anilines is 1. The zero-order valence-electron chi connectivity index (χ0n) is 11.9. The van der Waals surface area contributed by atoms with E-state index in [-0.39, 0.29) is 18.4 Å². The van der Waals surface area contributed by atoms with Crippen molar-refractivity contribution in [3.05, 3.63) is 54.4 Å². The molecule has 0 atom stereocenters. The molecule has 16 heteroatoms. The molecule has 0 saturated heterocycles. The number of hydrazone groups is 1. The second kappa shape index (κ2) is 7.59. The molecule has 0 aliphatic heterocycles. The number of nitrogens with one attached hydrogen (secondary N) is 2. The van der Waals surface area contributed by atoms with Gasteiger partial charge >= 0.3 is 5.95 Å². The fourth-order valence-electron chi connectivity index (χ4n) is 1.66. The Bertz CT molecular complexity index is 830. The van der Waals surface area contributed by atoms with E-state index in [1.807, 2.05) is 0 Å². The highest BCUT2D eigenvalue weighted by Gasteiger charge is 2.29. The van der Waals surface area contributed by atoms with E-state index < -0.39 is 37.4 Å². The molecular weight excluding hydrogens is 366 g/mol. The van der Waals surface area contributed by atoms with Gasteiger partial charge in [-0.25, -0.2) is 0 Å². The van der Waals surface area contributed by atoms with Crippen LogP contribution in [0.1, 0.15) is 5.56 Å². The van der Waals surface area contributed by atoms with Crippen LogP contribution < -0.4 is 28.4 Å². The van der Waals surface area contributed by atoms with Gasteiger partial charge in [0, 0.05) is 0 Å². The van der Waals surface area contributed by atoms with Gasteiger partial charge in [-0.2, -0.15) is 5.43 Å². The maximum Gasteiger partial charge on any atom is 0.386 e. The number of benzene rings is 1. The van der Waals surface area contributed by atoms with E-state index in [0.29, 0.717) is 12.1 Å². The van der Waals surface area contributed by atoms with E-state index in [4.69, 9.17) is 5.84 Å². The van der Waals surface area contributed by atoms with Gasteiger partial charge in [-0.1, -0.05) is 0 Å². The number of non-ortho nitro benzene ring substituents is 1. The number of hydrogen-bond acceptors (Lipinski definition) is 10. The van der Waals surface area contributed by atoms with E-state index in [2.05, 4.69) is 20.7 Å². The van der Waals surface area contributed by atoms with Crippen LogP contribution in [0.15, 0.2) is 23.6 Å². The van der Waals surface area contributed by atoms with Crippen molar-refractivity contribution in [3.8, 4) is 0 Å². The number of nitrogen functional groups attached to an aromatic ring is 1. The number of rotatable bonds is 6. The first kappa shape index (κ1) is 19.2. The summed E-state index contributed by atoms with van der Waals surface area (Å²) in [5, 5.41) is 42.4.